The fourth-order valence-electron chi connectivity index (χ4n) is 3.06. The van der Waals surface area contributed by atoms with Gasteiger partial charge in [-0.1, -0.05) is 12.1 Å². The van der Waals surface area contributed by atoms with Crippen LogP contribution in [-0.2, 0) is 14.3 Å². The number of hydrogen-bond acceptors (Lipinski definition) is 4. The van der Waals surface area contributed by atoms with Gasteiger partial charge in [-0.05, 0) is 25.5 Å². The molecule has 6 heteroatoms. The molecular formula is C17H21N3O3. The lowest BCUT2D eigenvalue weighted by Crippen LogP contribution is -2.29. The summed E-state index contributed by atoms with van der Waals surface area (Å²) in [6.45, 7) is 3.51. The zero-order valence-electron chi connectivity index (χ0n) is 13.3. The van der Waals surface area contributed by atoms with Crippen molar-refractivity contribution in [3.8, 4) is 0 Å². The SMILES string of the molecule is CCOC(=O)CCC(=O)N1CC[C@H](n2cnc3ccccc32)C1. The molecular weight excluding hydrogens is 294 g/mol. The van der Waals surface area contributed by atoms with E-state index in [1.54, 1.807) is 6.92 Å². The molecule has 1 saturated heterocycles. The Morgan fingerprint density at radius 3 is 2.96 bits per heavy atom. The van der Waals surface area contributed by atoms with E-state index in [4.69, 9.17) is 4.74 Å². The maximum atomic E-state index is 12.2. The van der Waals surface area contributed by atoms with Crippen LogP contribution in [-0.4, -0.2) is 46.0 Å². The number of imidazole rings is 1. The molecule has 3 rings (SSSR count). The number of fused-ring (bicyclic) bond motifs is 1. The van der Waals surface area contributed by atoms with Crippen molar-refractivity contribution < 1.29 is 14.3 Å². The Kier molecular flexibility index (Phi) is 4.60. The zero-order valence-corrected chi connectivity index (χ0v) is 13.3. The highest BCUT2D eigenvalue weighted by Gasteiger charge is 2.28. The van der Waals surface area contributed by atoms with Crippen molar-refractivity contribution in [2.24, 2.45) is 0 Å². The molecule has 122 valence electrons. The molecule has 0 saturated carbocycles. The molecule has 0 radical (unpaired) electrons. The second kappa shape index (κ2) is 6.81. The van der Waals surface area contributed by atoms with E-state index in [9.17, 15) is 9.59 Å². The maximum absolute atomic E-state index is 12.2. The van der Waals surface area contributed by atoms with Crippen molar-refractivity contribution in [2.75, 3.05) is 19.7 Å². The average molecular weight is 315 g/mol. The van der Waals surface area contributed by atoms with Crippen molar-refractivity contribution in [3.05, 3.63) is 30.6 Å². The lowest BCUT2D eigenvalue weighted by atomic mass is 10.2. The van der Waals surface area contributed by atoms with Gasteiger partial charge in [0.1, 0.15) is 0 Å². The minimum atomic E-state index is -0.308. The van der Waals surface area contributed by atoms with Crippen LogP contribution in [0.1, 0.15) is 32.2 Å². The van der Waals surface area contributed by atoms with E-state index in [2.05, 4.69) is 9.55 Å². The Morgan fingerprint density at radius 2 is 2.13 bits per heavy atom. The van der Waals surface area contributed by atoms with Gasteiger partial charge >= 0.3 is 5.97 Å². The van der Waals surface area contributed by atoms with Crippen molar-refractivity contribution in [1.29, 1.82) is 0 Å². The van der Waals surface area contributed by atoms with Gasteiger partial charge in [-0.15, -0.1) is 0 Å². The van der Waals surface area contributed by atoms with Crippen molar-refractivity contribution in [3.63, 3.8) is 0 Å². The topological polar surface area (TPSA) is 64.4 Å². The quantitative estimate of drug-likeness (QED) is 0.793. The Labute approximate surface area is 135 Å². The molecule has 1 aromatic carbocycles. The fraction of sp³-hybridized carbons (Fsp3) is 0.471. The van der Waals surface area contributed by atoms with Crippen LogP contribution in [0.4, 0.5) is 0 Å². The predicted octanol–water partition coefficient (Wildman–Crippen LogP) is 2.15. The van der Waals surface area contributed by atoms with Gasteiger partial charge in [0.25, 0.3) is 0 Å². The number of amides is 1. The normalized spacial score (nSPS) is 17.6. The van der Waals surface area contributed by atoms with Gasteiger partial charge in [0.15, 0.2) is 0 Å². The number of para-hydroxylation sites is 2. The van der Waals surface area contributed by atoms with E-state index < -0.39 is 0 Å². The summed E-state index contributed by atoms with van der Waals surface area (Å²) in [5.41, 5.74) is 2.07. The molecule has 2 heterocycles. The molecule has 1 atom stereocenters. The summed E-state index contributed by atoms with van der Waals surface area (Å²) in [7, 11) is 0. The minimum Gasteiger partial charge on any atom is -0.466 e. The number of rotatable bonds is 5. The largest absolute Gasteiger partial charge is 0.466 e. The number of carbonyl (C=O) groups excluding carboxylic acids is 2. The highest BCUT2D eigenvalue weighted by molar-refractivity contribution is 5.81. The first-order valence-electron chi connectivity index (χ1n) is 8.04. The van der Waals surface area contributed by atoms with Gasteiger partial charge in [-0.25, -0.2) is 4.98 Å². The lowest BCUT2D eigenvalue weighted by molar-refractivity contribution is -0.145. The van der Waals surface area contributed by atoms with Gasteiger partial charge in [0, 0.05) is 19.5 Å². The van der Waals surface area contributed by atoms with Gasteiger partial charge in [0.05, 0.1) is 36.4 Å². The van der Waals surface area contributed by atoms with Gasteiger partial charge < -0.3 is 14.2 Å². The van der Waals surface area contributed by atoms with Crippen LogP contribution in [0.15, 0.2) is 30.6 Å². The summed E-state index contributed by atoms with van der Waals surface area (Å²) in [5.74, 6) is -0.290. The number of likely N-dealkylation sites (tertiary alicyclic amines) is 1. The molecule has 6 nitrogen and oxygen atoms in total. The maximum Gasteiger partial charge on any atom is 0.306 e. The molecule has 2 aromatic rings. The summed E-state index contributed by atoms with van der Waals surface area (Å²) in [5, 5.41) is 0. The average Bonchev–Trinajstić information content (AvgIpc) is 3.19. The first-order valence-corrected chi connectivity index (χ1v) is 8.04. The van der Waals surface area contributed by atoms with Gasteiger partial charge in [-0.3, -0.25) is 9.59 Å². The summed E-state index contributed by atoms with van der Waals surface area (Å²) in [4.78, 5) is 29.8. The van der Waals surface area contributed by atoms with Crippen LogP contribution in [0.3, 0.4) is 0 Å². The molecule has 0 spiro atoms. The third kappa shape index (κ3) is 3.36. The fourth-order valence-corrected chi connectivity index (χ4v) is 3.06. The minimum absolute atomic E-state index is 0.0185. The number of ether oxygens (including phenoxy) is 1. The number of esters is 1. The van der Waals surface area contributed by atoms with Crippen LogP contribution in [0.2, 0.25) is 0 Å². The Balaban J connectivity index is 1.60. The first kappa shape index (κ1) is 15.5. The second-order valence-corrected chi connectivity index (χ2v) is 5.73. The highest BCUT2D eigenvalue weighted by atomic mass is 16.5. The summed E-state index contributed by atoms with van der Waals surface area (Å²) >= 11 is 0. The van der Waals surface area contributed by atoms with E-state index in [-0.39, 0.29) is 30.8 Å². The number of aromatic nitrogens is 2. The molecule has 23 heavy (non-hydrogen) atoms. The summed E-state index contributed by atoms with van der Waals surface area (Å²) in [6.07, 6.45) is 3.13. The molecule has 0 aliphatic carbocycles. The smallest absolute Gasteiger partial charge is 0.306 e. The zero-order chi connectivity index (χ0) is 16.2. The van der Waals surface area contributed by atoms with Crippen LogP contribution in [0.25, 0.3) is 11.0 Å². The van der Waals surface area contributed by atoms with Gasteiger partial charge in [0.2, 0.25) is 5.91 Å². The van der Waals surface area contributed by atoms with Crippen LogP contribution in [0, 0.1) is 0 Å². The highest BCUT2D eigenvalue weighted by Crippen LogP contribution is 2.26. The molecule has 1 fully saturated rings. The molecule has 1 amide bonds. The molecule has 0 N–H and O–H groups in total. The summed E-state index contributed by atoms with van der Waals surface area (Å²) < 4.78 is 7.01. The van der Waals surface area contributed by atoms with Gasteiger partial charge in [-0.2, -0.15) is 0 Å². The Hall–Kier alpha value is -2.37. The third-order valence-corrected chi connectivity index (χ3v) is 4.24. The monoisotopic (exact) mass is 315 g/mol. The van der Waals surface area contributed by atoms with E-state index in [1.807, 2.05) is 35.5 Å². The van der Waals surface area contributed by atoms with E-state index >= 15 is 0 Å². The second-order valence-electron chi connectivity index (χ2n) is 5.73. The predicted molar refractivity (Wildman–Crippen MR) is 85.8 cm³/mol. The number of benzene rings is 1. The molecule has 0 unspecified atom stereocenters. The van der Waals surface area contributed by atoms with E-state index in [0.717, 1.165) is 24.0 Å². The van der Waals surface area contributed by atoms with Crippen LogP contribution in [0.5, 0.6) is 0 Å². The molecule has 0 bridgehead atoms. The van der Waals surface area contributed by atoms with Crippen molar-refractivity contribution in [1.82, 2.24) is 14.5 Å². The van der Waals surface area contributed by atoms with Crippen LogP contribution < -0.4 is 0 Å². The van der Waals surface area contributed by atoms with Crippen LogP contribution >= 0.6 is 0 Å². The number of hydrogen-bond donors (Lipinski definition) is 0. The van der Waals surface area contributed by atoms with E-state index in [0.29, 0.717) is 13.2 Å². The number of carbonyl (C=O) groups is 2. The number of nitrogens with zero attached hydrogens (tertiary/aromatic N) is 3. The van der Waals surface area contributed by atoms with Crippen molar-refractivity contribution in [2.45, 2.75) is 32.2 Å². The molecule has 1 aliphatic heterocycles. The molecule has 1 aliphatic rings. The van der Waals surface area contributed by atoms with Crippen molar-refractivity contribution >= 4 is 22.9 Å². The molecule has 1 aromatic heterocycles. The Bertz CT molecular complexity index is 710. The van der Waals surface area contributed by atoms with E-state index in [1.165, 1.54) is 0 Å². The third-order valence-electron chi connectivity index (χ3n) is 4.24. The first-order chi connectivity index (χ1) is 11.2. The lowest BCUT2D eigenvalue weighted by Gasteiger charge is -2.17. The standard InChI is InChI=1S/C17H21N3O3/c1-2-23-17(22)8-7-16(21)19-10-9-13(11-19)20-12-18-14-5-3-4-6-15(14)20/h3-6,12-13H,2,7-11H2,1H3/t13-/m0/s1. The Morgan fingerprint density at radius 1 is 1.30 bits per heavy atom. The summed E-state index contributed by atoms with van der Waals surface area (Å²) in [6, 6.07) is 8.25.